The van der Waals surface area contributed by atoms with E-state index in [4.69, 9.17) is 0 Å². The smallest absolute Gasteiger partial charge is 0.261 e. The maximum absolute atomic E-state index is 12.7. The quantitative estimate of drug-likeness (QED) is 0.722. The molecule has 2 heterocycles. The van der Waals surface area contributed by atoms with Gasteiger partial charge in [-0.2, -0.15) is 5.10 Å². The van der Waals surface area contributed by atoms with Gasteiger partial charge in [-0.25, -0.2) is 0 Å². The molecule has 136 valence electrons. The van der Waals surface area contributed by atoms with Crippen LogP contribution in [0.3, 0.4) is 0 Å². The van der Waals surface area contributed by atoms with Crippen LogP contribution in [0.4, 0.5) is 0 Å². The van der Waals surface area contributed by atoms with E-state index in [2.05, 4.69) is 29.5 Å². The summed E-state index contributed by atoms with van der Waals surface area (Å²) in [6.45, 7) is 5.02. The number of carbonyl (C=O) groups excluding carboxylic acids is 1. The zero-order chi connectivity index (χ0) is 18.1. The highest BCUT2D eigenvalue weighted by molar-refractivity contribution is 7.20. The molecule has 1 amide bonds. The van der Waals surface area contributed by atoms with Crippen LogP contribution in [0.2, 0.25) is 0 Å². The van der Waals surface area contributed by atoms with E-state index in [0.29, 0.717) is 12.0 Å². The summed E-state index contributed by atoms with van der Waals surface area (Å²) in [5, 5.41) is 9.00. The lowest BCUT2D eigenvalue weighted by molar-refractivity contribution is 0.0925. The minimum Gasteiger partial charge on any atom is -0.349 e. The van der Waals surface area contributed by atoms with E-state index in [0.717, 1.165) is 40.2 Å². The molecule has 0 unspecified atom stereocenters. The van der Waals surface area contributed by atoms with E-state index < -0.39 is 0 Å². The Kier molecular flexibility index (Phi) is 4.81. The van der Waals surface area contributed by atoms with Crippen molar-refractivity contribution in [1.29, 1.82) is 0 Å². The van der Waals surface area contributed by atoms with E-state index in [1.165, 1.54) is 18.4 Å². The fourth-order valence-corrected chi connectivity index (χ4v) is 4.97. The molecule has 0 spiro atoms. The summed E-state index contributed by atoms with van der Waals surface area (Å²) in [4.78, 5) is 14.6. The third-order valence-corrected chi connectivity index (χ3v) is 6.43. The van der Waals surface area contributed by atoms with Gasteiger partial charge in [0.2, 0.25) is 0 Å². The lowest BCUT2D eigenvalue weighted by Crippen LogP contribution is -2.37. The molecule has 1 saturated carbocycles. The maximum atomic E-state index is 12.7. The van der Waals surface area contributed by atoms with Crippen molar-refractivity contribution in [2.24, 2.45) is 5.92 Å². The molecule has 1 aromatic carbocycles. The van der Waals surface area contributed by atoms with Gasteiger partial charge in [0.05, 0.1) is 17.1 Å². The molecule has 1 aliphatic rings. The van der Waals surface area contributed by atoms with Crippen LogP contribution in [0, 0.1) is 12.8 Å². The predicted molar refractivity (Wildman–Crippen MR) is 107 cm³/mol. The van der Waals surface area contributed by atoms with E-state index in [9.17, 15) is 4.79 Å². The van der Waals surface area contributed by atoms with Crippen molar-refractivity contribution in [1.82, 2.24) is 15.1 Å². The predicted octanol–water partition coefficient (Wildman–Crippen LogP) is 4.76. The Morgan fingerprint density at radius 3 is 2.88 bits per heavy atom. The van der Waals surface area contributed by atoms with Crippen LogP contribution in [0.1, 0.15) is 53.5 Å². The Hall–Kier alpha value is -2.14. The number of aryl methyl sites for hydroxylation is 1. The van der Waals surface area contributed by atoms with E-state index in [1.54, 1.807) is 11.3 Å². The van der Waals surface area contributed by atoms with Crippen LogP contribution >= 0.6 is 11.3 Å². The summed E-state index contributed by atoms with van der Waals surface area (Å²) in [5.74, 6) is 0.772. The second-order valence-electron chi connectivity index (χ2n) is 7.50. The maximum Gasteiger partial charge on any atom is 0.261 e. The molecular formula is C21H25N3OS. The third-order valence-electron chi connectivity index (χ3n) is 5.28. The van der Waals surface area contributed by atoms with Gasteiger partial charge in [-0.3, -0.25) is 9.48 Å². The molecule has 5 heteroatoms. The Balaban J connectivity index is 1.55. The molecule has 26 heavy (non-hydrogen) atoms. The van der Waals surface area contributed by atoms with E-state index in [1.807, 2.05) is 35.9 Å². The molecular weight excluding hydrogens is 342 g/mol. The van der Waals surface area contributed by atoms with Crippen LogP contribution in [-0.2, 0) is 6.54 Å². The average Bonchev–Trinajstić information content (AvgIpc) is 3.18. The minimum absolute atomic E-state index is 0.0657. The summed E-state index contributed by atoms with van der Waals surface area (Å²) in [5.41, 5.74) is 2.20. The Morgan fingerprint density at radius 1 is 1.31 bits per heavy atom. The molecule has 1 fully saturated rings. The molecule has 0 radical (unpaired) electrons. The van der Waals surface area contributed by atoms with Crippen molar-refractivity contribution in [2.45, 2.75) is 52.1 Å². The minimum atomic E-state index is 0.0657. The fourth-order valence-electron chi connectivity index (χ4n) is 3.91. The van der Waals surface area contributed by atoms with Gasteiger partial charge in [-0.05, 0) is 37.3 Å². The second kappa shape index (κ2) is 7.23. The van der Waals surface area contributed by atoms with Gasteiger partial charge < -0.3 is 5.32 Å². The van der Waals surface area contributed by atoms with Crippen molar-refractivity contribution in [2.75, 3.05) is 0 Å². The number of nitrogens with zero attached hydrogens (tertiary/aromatic N) is 2. The van der Waals surface area contributed by atoms with Crippen LogP contribution < -0.4 is 5.32 Å². The topological polar surface area (TPSA) is 46.9 Å². The lowest BCUT2D eigenvalue weighted by atomic mass is 9.87. The highest BCUT2D eigenvalue weighted by Crippen LogP contribution is 2.30. The van der Waals surface area contributed by atoms with Gasteiger partial charge in [0, 0.05) is 11.4 Å². The van der Waals surface area contributed by atoms with Gasteiger partial charge >= 0.3 is 0 Å². The first-order chi connectivity index (χ1) is 12.6. The number of amides is 1. The Labute approximate surface area is 158 Å². The largest absolute Gasteiger partial charge is 0.349 e. The first-order valence-electron chi connectivity index (χ1n) is 9.42. The number of aromatic nitrogens is 2. The summed E-state index contributed by atoms with van der Waals surface area (Å²) < 4.78 is 2.02. The van der Waals surface area contributed by atoms with E-state index in [-0.39, 0.29) is 5.91 Å². The van der Waals surface area contributed by atoms with Crippen LogP contribution in [0.25, 0.3) is 10.2 Å². The van der Waals surface area contributed by atoms with Crippen molar-refractivity contribution in [3.05, 3.63) is 52.5 Å². The molecule has 0 bridgehead atoms. The fraction of sp³-hybridized carbons (Fsp3) is 0.429. The van der Waals surface area contributed by atoms with Gasteiger partial charge in [0.1, 0.15) is 4.83 Å². The lowest BCUT2D eigenvalue weighted by Gasteiger charge is -2.27. The second-order valence-corrected chi connectivity index (χ2v) is 8.53. The van der Waals surface area contributed by atoms with Crippen molar-refractivity contribution < 1.29 is 4.79 Å². The number of rotatable bonds is 4. The number of benzene rings is 1. The number of thiophene rings is 1. The first kappa shape index (κ1) is 17.3. The summed E-state index contributed by atoms with van der Waals surface area (Å²) in [7, 11) is 0. The van der Waals surface area contributed by atoms with E-state index >= 15 is 0 Å². The van der Waals surface area contributed by atoms with Crippen LogP contribution in [-0.4, -0.2) is 21.7 Å². The number of nitrogens with one attached hydrogen (secondary N) is 1. The van der Waals surface area contributed by atoms with Crippen molar-refractivity contribution >= 4 is 27.5 Å². The highest BCUT2D eigenvalue weighted by atomic mass is 32.1. The standard InChI is InChI=1S/C21H25N3OS/c1-14-7-6-10-17(11-14)22-20(25)19-12-18-15(2)23-24(21(18)26-19)13-16-8-4-3-5-9-16/h3-5,8-9,12,14,17H,6-7,10-11,13H2,1-2H3,(H,22,25)/t14-,17+/m0/s1. The first-order valence-corrected chi connectivity index (χ1v) is 10.2. The highest BCUT2D eigenvalue weighted by Gasteiger charge is 2.23. The number of carbonyl (C=O) groups is 1. The van der Waals surface area contributed by atoms with Crippen molar-refractivity contribution in [3.8, 4) is 0 Å². The van der Waals surface area contributed by atoms with Gasteiger partial charge in [0.25, 0.3) is 5.91 Å². The summed E-state index contributed by atoms with van der Waals surface area (Å²) >= 11 is 1.55. The molecule has 3 aromatic rings. The number of hydrogen-bond acceptors (Lipinski definition) is 3. The zero-order valence-corrected chi connectivity index (χ0v) is 16.2. The SMILES string of the molecule is Cc1nn(Cc2ccccc2)c2sc(C(=O)N[C@@H]3CCC[C@H](C)C3)cc12. The molecule has 0 saturated heterocycles. The van der Waals surface area contributed by atoms with Crippen molar-refractivity contribution in [3.63, 3.8) is 0 Å². The monoisotopic (exact) mass is 367 g/mol. The number of fused-ring (bicyclic) bond motifs is 1. The average molecular weight is 368 g/mol. The zero-order valence-electron chi connectivity index (χ0n) is 15.4. The number of hydrogen-bond donors (Lipinski definition) is 1. The molecule has 1 aliphatic carbocycles. The molecule has 4 nitrogen and oxygen atoms in total. The molecule has 2 atom stereocenters. The summed E-state index contributed by atoms with van der Waals surface area (Å²) in [6.07, 6.45) is 4.69. The molecule has 2 aromatic heterocycles. The molecule has 0 aliphatic heterocycles. The normalized spacial score (nSPS) is 20.4. The summed E-state index contributed by atoms with van der Waals surface area (Å²) in [6, 6.07) is 12.6. The van der Waals surface area contributed by atoms with Gasteiger partial charge in [-0.1, -0.05) is 50.1 Å². The van der Waals surface area contributed by atoms with Gasteiger partial charge in [-0.15, -0.1) is 11.3 Å². The van der Waals surface area contributed by atoms with Gasteiger partial charge in [0.15, 0.2) is 0 Å². The molecule has 4 rings (SSSR count). The Morgan fingerprint density at radius 2 is 2.12 bits per heavy atom. The Bertz CT molecular complexity index is 912. The molecule has 1 N–H and O–H groups in total. The van der Waals surface area contributed by atoms with Crippen LogP contribution in [0.5, 0.6) is 0 Å². The van der Waals surface area contributed by atoms with Crippen LogP contribution in [0.15, 0.2) is 36.4 Å². The third kappa shape index (κ3) is 3.54.